The third-order valence-corrected chi connectivity index (χ3v) is 10.7. The topological polar surface area (TPSA) is 57.2 Å². The number of hydrogen-bond acceptors (Lipinski definition) is 6. The average Bonchev–Trinajstić information content (AvgIpc) is 3.54. The van der Waals surface area contributed by atoms with Gasteiger partial charge in [-0.3, -0.25) is 4.79 Å². The lowest BCUT2D eigenvalue weighted by Crippen LogP contribution is -2.48. The van der Waals surface area contributed by atoms with E-state index in [-0.39, 0.29) is 53.8 Å². The van der Waals surface area contributed by atoms with Crippen LogP contribution in [0.3, 0.4) is 0 Å². The second-order valence-electron chi connectivity index (χ2n) is 13.2. The van der Waals surface area contributed by atoms with E-state index in [0.29, 0.717) is 24.8 Å². The summed E-state index contributed by atoms with van der Waals surface area (Å²) in [4.78, 5) is 15.7. The molecule has 5 aliphatic rings. The van der Waals surface area contributed by atoms with E-state index < -0.39 is 0 Å². The van der Waals surface area contributed by atoms with Crippen molar-refractivity contribution >= 4 is 5.97 Å². The van der Waals surface area contributed by atoms with Crippen LogP contribution in [0.15, 0.2) is 54.6 Å². The molecule has 3 aliphatic heterocycles. The van der Waals surface area contributed by atoms with E-state index in [4.69, 9.17) is 18.9 Å². The first-order valence-electron chi connectivity index (χ1n) is 15.2. The first-order valence-corrected chi connectivity index (χ1v) is 15.2. The molecule has 218 valence electrons. The highest BCUT2D eigenvalue weighted by molar-refractivity contribution is 5.75. The molecule has 3 unspecified atom stereocenters. The van der Waals surface area contributed by atoms with E-state index in [1.165, 1.54) is 18.4 Å². The van der Waals surface area contributed by atoms with Gasteiger partial charge in [-0.05, 0) is 92.1 Å². The minimum absolute atomic E-state index is 0.0262. The molecule has 4 fully saturated rings. The third-order valence-electron chi connectivity index (χ3n) is 10.7. The summed E-state index contributed by atoms with van der Waals surface area (Å²) in [6.45, 7) is 9.97. The van der Waals surface area contributed by atoms with Crippen LogP contribution >= 0.6 is 0 Å². The Morgan fingerprint density at radius 3 is 2.83 bits per heavy atom. The summed E-state index contributed by atoms with van der Waals surface area (Å²) in [5.74, 6) is 2.98. The fraction of sp³-hybridized carbons (Fsp3) is 0.559. The fourth-order valence-electron chi connectivity index (χ4n) is 8.50. The van der Waals surface area contributed by atoms with E-state index >= 15 is 0 Å². The van der Waals surface area contributed by atoms with Crippen LogP contribution in [0.2, 0.25) is 0 Å². The van der Waals surface area contributed by atoms with Crippen LogP contribution in [0, 0.1) is 34.9 Å². The van der Waals surface area contributed by atoms with E-state index in [0.717, 1.165) is 55.8 Å². The Morgan fingerprint density at radius 1 is 1.15 bits per heavy atom. The largest absolute Gasteiger partial charge is 0.493 e. The summed E-state index contributed by atoms with van der Waals surface area (Å²) in [5.41, 5.74) is 2.71. The molecule has 6 nitrogen and oxygen atoms in total. The van der Waals surface area contributed by atoms with Crippen LogP contribution in [0.4, 0.5) is 4.39 Å². The number of rotatable bonds is 6. The zero-order valence-electron chi connectivity index (χ0n) is 23.9. The number of likely N-dealkylation sites (tertiary alicyclic amines) is 1. The highest BCUT2D eigenvalue weighted by Crippen LogP contribution is 2.57. The number of benzene rings is 2. The SMILES string of the molecule is C=C1CCC[C@]2(C)C[C@H]3OC(=O)C(CN4CCC(c5ccc(F)cc5)C(COc5ccc6c(c5)OCO6)C4)[C@H]3C[C@@H]12. The van der Waals surface area contributed by atoms with Gasteiger partial charge in [0.2, 0.25) is 6.79 Å². The van der Waals surface area contributed by atoms with Crippen molar-refractivity contribution in [3.8, 4) is 17.2 Å². The molecule has 7 heteroatoms. The van der Waals surface area contributed by atoms with Crippen molar-refractivity contribution in [1.29, 1.82) is 0 Å². The number of halogens is 1. The quantitative estimate of drug-likeness (QED) is 0.303. The summed E-state index contributed by atoms with van der Waals surface area (Å²) in [6, 6.07) is 12.5. The van der Waals surface area contributed by atoms with Crippen molar-refractivity contribution in [3.05, 3.63) is 66.0 Å². The normalized spacial score (nSPS) is 34.6. The molecule has 2 aromatic rings. The Kier molecular flexibility index (Phi) is 6.96. The van der Waals surface area contributed by atoms with Crippen LogP contribution in [-0.4, -0.2) is 50.0 Å². The molecule has 3 heterocycles. The van der Waals surface area contributed by atoms with Gasteiger partial charge in [-0.25, -0.2) is 4.39 Å². The van der Waals surface area contributed by atoms with Crippen molar-refractivity contribution in [1.82, 2.24) is 4.90 Å². The van der Waals surface area contributed by atoms with Crippen LogP contribution in [0.5, 0.6) is 17.2 Å². The van der Waals surface area contributed by atoms with Gasteiger partial charge >= 0.3 is 5.97 Å². The molecule has 0 bridgehead atoms. The summed E-state index contributed by atoms with van der Waals surface area (Å²) in [7, 11) is 0. The molecule has 2 aliphatic carbocycles. The number of nitrogens with zero attached hydrogens (tertiary/aromatic N) is 1. The second kappa shape index (κ2) is 10.6. The highest BCUT2D eigenvalue weighted by atomic mass is 19.1. The second-order valence-corrected chi connectivity index (χ2v) is 13.2. The van der Waals surface area contributed by atoms with Gasteiger partial charge in [0.1, 0.15) is 17.7 Å². The summed E-state index contributed by atoms with van der Waals surface area (Å²) >= 11 is 0. The van der Waals surface area contributed by atoms with Gasteiger partial charge in [0.25, 0.3) is 0 Å². The van der Waals surface area contributed by atoms with E-state index in [1.54, 1.807) is 12.1 Å². The molecule has 0 amide bonds. The van der Waals surface area contributed by atoms with Crippen molar-refractivity contribution in [2.24, 2.45) is 29.1 Å². The molecular weight excluding hydrogens is 521 g/mol. The van der Waals surface area contributed by atoms with Crippen molar-refractivity contribution in [3.63, 3.8) is 0 Å². The van der Waals surface area contributed by atoms with Gasteiger partial charge in [-0.1, -0.05) is 31.2 Å². The number of allylic oxidation sites excluding steroid dienone is 1. The number of esters is 1. The summed E-state index contributed by atoms with van der Waals surface area (Å²) in [6.07, 6.45) is 6.43. The van der Waals surface area contributed by atoms with Gasteiger partial charge in [0.05, 0.1) is 12.5 Å². The van der Waals surface area contributed by atoms with Gasteiger partial charge in [-0.2, -0.15) is 0 Å². The lowest BCUT2D eigenvalue weighted by Gasteiger charge is -2.50. The minimum atomic E-state index is -0.224. The van der Waals surface area contributed by atoms with Crippen LogP contribution in [0.1, 0.15) is 56.9 Å². The fourth-order valence-corrected chi connectivity index (χ4v) is 8.50. The van der Waals surface area contributed by atoms with E-state index in [1.807, 2.05) is 30.3 Å². The highest BCUT2D eigenvalue weighted by Gasteiger charge is 2.55. The smallest absolute Gasteiger partial charge is 0.310 e. The van der Waals surface area contributed by atoms with E-state index in [2.05, 4.69) is 18.4 Å². The molecule has 2 saturated heterocycles. The number of piperidine rings is 1. The molecule has 0 spiro atoms. The molecule has 0 radical (unpaired) electrons. The number of fused-ring (bicyclic) bond motifs is 3. The summed E-state index contributed by atoms with van der Waals surface area (Å²) < 4.78 is 37.1. The monoisotopic (exact) mass is 561 g/mol. The van der Waals surface area contributed by atoms with Gasteiger partial charge < -0.3 is 23.8 Å². The summed E-state index contributed by atoms with van der Waals surface area (Å²) in [5, 5.41) is 0. The maximum absolute atomic E-state index is 13.7. The van der Waals surface area contributed by atoms with Crippen LogP contribution in [0.25, 0.3) is 0 Å². The first-order chi connectivity index (χ1) is 19.9. The molecule has 2 aromatic carbocycles. The van der Waals surface area contributed by atoms with Crippen LogP contribution in [-0.2, 0) is 9.53 Å². The maximum atomic E-state index is 13.7. The minimum Gasteiger partial charge on any atom is -0.493 e. The predicted molar refractivity (Wildman–Crippen MR) is 152 cm³/mol. The molecular formula is C34H40FNO5. The number of hydrogen-bond donors (Lipinski definition) is 0. The maximum Gasteiger partial charge on any atom is 0.310 e. The molecule has 7 rings (SSSR count). The lowest BCUT2D eigenvalue weighted by molar-refractivity contribution is -0.146. The first kappa shape index (κ1) is 26.8. The van der Waals surface area contributed by atoms with Crippen LogP contribution < -0.4 is 14.2 Å². The van der Waals surface area contributed by atoms with Crippen molar-refractivity contribution in [2.45, 2.75) is 57.5 Å². The number of carbonyl (C=O) groups is 1. The van der Waals surface area contributed by atoms with Gasteiger partial charge in [0.15, 0.2) is 11.5 Å². The third kappa shape index (κ3) is 5.11. The van der Waals surface area contributed by atoms with Gasteiger partial charge in [0, 0.05) is 31.0 Å². The zero-order valence-corrected chi connectivity index (χ0v) is 23.9. The Labute approximate surface area is 241 Å². The average molecular weight is 562 g/mol. The Hall–Kier alpha value is -3.06. The lowest BCUT2D eigenvalue weighted by atomic mass is 9.55. The Balaban J connectivity index is 1.06. The predicted octanol–water partition coefficient (Wildman–Crippen LogP) is 6.35. The molecule has 41 heavy (non-hydrogen) atoms. The number of ether oxygens (including phenoxy) is 4. The molecule has 0 aromatic heterocycles. The van der Waals surface area contributed by atoms with Gasteiger partial charge in [-0.15, -0.1) is 0 Å². The molecule has 0 N–H and O–H groups in total. The number of carbonyl (C=O) groups excluding carboxylic acids is 1. The van der Waals surface area contributed by atoms with E-state index in [9.17, 15) is 9.18 Å². The molecule has 2 saturated carbocycles. The van der Waals surface area contributed by atoms with Crippen molar-refractivity contribution in [2.75, 3.05) is 33.0 Å². The Bertz CT molecular complexity index is 1310. The Morgan fingerprint density at radius 2 is 1.98 bits per heavy atom. The molecule has 7 atom stereocenters. The zero-order chi connectivity index (χ0) is 28.1. The van der Waals surface area contributed by atoms with Crippen molar-refractivity contribution < 1.29 is 28.1 Å². The standard InChI is InChI=1S/C34H40FNO5/c1-21-4-3-12-34(2)16-32-27(15-29(21)34)28(33(37)41-32)18-36-13-11-26(22-5-7-24(35)8-6-22)23(17-36)19-38-25-9-10-30-31(14-25)40-20-39-30/h5-10,14,23,26-29,32H,1,3-4,11-13,15-20H2,2H3/t23?,26?,27-,28?,29+,32-,34-/m1/s1.